The van der Waals surface area contributed by atoms with Gasteiger partial charge in [-0.1, -0.05) is 0 Å². The van der Waals surface area contributed by atoms with Crippen molar-refractivity contribution in [3.8, 4) is 0 Å². The van der Waals surface area contributed by atoms with Gasteiger partial charge < -0.3 is 0 Å². The zero-order chi connectivity index (χ0) is 14.9. The first-order chi connectivity index (χ1) is 9.41. The Labute approximate surface area is 132 Å². The molecule has 0 radical (unpaired) electrons. The standard InChI is InChI=1S/C9H11.C8H7O.Bi.ClH/c1-7-4-8(2)6-9(3)5-7;1-7(9)8-5-3-2-4-6-8;;/h4-5H,1-3H3;2-5H,1H3;;1H/q;;+1;/p-1. The summed E-state index contributed by atoms with van der Waals surface area (Å²) in [7, 11) is 6.90. The van der Waals surface area contributed by atoms with Gasteiger partial charge in [-0.3, -0.25) is 0 Å². The first-order valence-corrected chi connectivity index (χ1v) is 14.3. The average molecular weight is 483 g/mol. The summed E-state index contributed by atoms with van der Waals surface area (Å²) in [6, 6.07) is 12.2. The molecule has 1 nitrogen and oxygen atoms in total. The van der Waals surface area contributed by atoms with Gasteiger partial charge in [0.15, 0.2) is 0 Å². The molecule has 2 aromatic carbocycles. The van der Waals surface area contributed by atoms with Gasteiger partial charge in [0.2, 0.25) is 0 Å². The van der Waals surface area contributed by atoms with Crippen LogP contribution in [0.15, 0.2) is 36.4 Å². The Kier molecular flexibility index (Phi) is 4.99. The van der Waals surface area contributed by atoms with Crippen molar-refractivity contribution < 1.29 is 4.79 Å². The Morgan fingerprint density at radius 1 is 1.05 bits per heavy atom. The fourth-order valence-corrected chi connectivity index (χ4v) is 12.6. The fraction of sp³-hybridized carbons (Fsp3) is 0.235. The van der Waals surface area contributed by atoms with Gasteiger partial charge in [0.25, 0.3) is 0 Å². The number of carbonyl (C=O) groups excluding carboxylic acids is 1. The van der Waals surface area contributed by atoms with Gasteiger partial charge in [-0.05, 0) is 0 Å². The van der Waals surface area contributed by atoms with Crippen molar-refractivity contribution >= 4 is 41.4 Å². The van der Waals surface area contributed by atoms with Crippen molar-refractivity contribution in [2.24, 2.45) is 0 Å². The van der Waals surface area contributed by atoms with E-state index in [1.807, 2.05) is 24.3 Å². The van der Waals surface area contributed by atoms with E-state index in [-0.39, 0.29) is 5.78 Å². The van der Waals surface area contributed by atoms with Crippen LogP contribution < -0.4 is 6.54 Å². The van der Waals surface area contributed by atoms with Crippen LogP contribution >= 0.6 is 8.51 Å². The molecule has 3 heteroatoms. The van der Waals surface area contributed by atoms with Gasteiger partial charge in [0.1, 0.15) is 0 Å². The van der Waals surface area contributed by atoms with Crippen molar-refractivity contribution in [2.75, 3.05) is 0 Å². The Balaban J connectivity index is 2.58. The molecule has 20 heavy (non-hydrogen) atoms. The molecule has 0 bridgehead atoms. The van der Waals surface area contributed by atoms with E-state index in [1.54, 1.807) is 6.92 Å². The second-order valence-electron chi connectivity index (χ2n) is 5.10. The summed E-state index contributed by atoms with van der Waals surface area (Å²) >= 11 is -2.59. The number of hydrogen-bond acceptors (Lipinski definition) is 1. The molecule has 0 heterocycles. The molecule has 0 aromatic heterocycles. The number of hydrogen-bond donors (Lipinski definition) is 0. The van der Waals surface area contributed by atoms with E-state index >= 15 is 0 Å². The molecule has 2 rings (SSSR count). The van der Waals surface area contributed by atoms with E-state index in [2.05, 4.69) is 32.9 Å². The third kappa shape index (κ3) is 3.13. The molecule has 104 valence electrons. The summed E-state index contributed by atoms with van der Waals surface area (Å²) < 4.78 is 2.40. The minimum absolute atomic E-state index is 0.101. The molecular weight excluding hydrogens is 465 g/mol. The Hall–Kier alpha value is -0.717. The Morgan fingerprint density at radius 3 is 2.15 bits per heavy atom. The van der Waals surface area contributed by atoms with Crippen LogP contribution in [0.3, 0.4) is 0 Å². The number of aryl methyl sites for hydroxylation is 3. The molecule has 0 spiro atoms. The molecular formula is C17H18BiClO. The summed E-state index contributed by atoms with van der Waals surface area (Å²) in [6.45, 7) is 7.96. The molecule has 0 fully saturated rings. The van der Waals surface area contributed by atoms with E-state index in [4.69, 9.17) is 8.51 Å². The molecule has 0 aliphatic rings. The third-order valence-corrected chi connectivity index (χ3v) is 13.8. The minimum atomic E-state index is -2.59. The van der Waals surface area contributed by atoms with Gasteiger partial charge in [0.05, 0.1) is 0 Å². The summed E-state index contributed by atoms with van der Waals surface area (Å²) in [6.07, 6.45) is 0. The van der Waals surface area contributed by atoms with Crippen molar-refractivity contribution in [2.45, 2.75) is 27.7 Å². The zero-order valence-corrected chi connectivity index (χ0v) is 16.4. The van der Waals surface area contributed by atoms with Crippen molar-refractivity contribution in [1.29, 1.82) is 0 Å². The average Bonchev–Trinajstić information content (AvgIpc) is 2.37. The Morgan fingerprint density at radius 2 is 1.60 bits per heavy atom. The second kappa shape index (κ2) is 6.37. The van der Waals surface area contributed by atoms with E-state index in [0.717, 1.165) is 8.83 Å². The molecule has 0 atom stereocenters. The quantitative estimate of drug-likeness (QED) is 0.485. The molecule has 0 N–H and O–H groups in total. The van der Waals surface area contributed by atoms with Gasteiger partial charge >= 0.3 is 133 Å². The Bertz CT molecular complexity index is 641. The summed E-state index contributed by atoms with van der Waals surface area (Å²) in [5, 5.41) is 0. The monoisotopic (exact) mass is 482 g/mol. The van der Waals surface area contributed by atoms with Crippen molar-refractivity contribution in [3.05, 3.63) is 58.7 Å². The summed E-state index contributed by atoms with van der Waals surface area (Å²) in [5.41, 5.74) is 4.57. The van der Waals surface area contributed by atoms with Gasteiger partial charge in [-0.15, -0.1) is 0 Å². The van der Waals surface area contributed by atoms with E-state index in [0.29, 0.717) is 0 Å². The summed E-state index contributed by atoms with van der Waals surface area (Å²) in [4.78, 5) is 11.8. The molecule has 0 aliphatic heterocycles. The maximum absolute atomic E-state index is 11.8. The van der Waals surface area contributed by atoms with Gasteiger partial charge in [0, 0.05) is 0 Å². The normalized spacial score (nSPS) is 10.9. The van der Waals surface area contributed by atoms with Gasteiger partial charge in [-0.2, -0.15) is 0 Å². The molecule has 0 saturated carbocycles. The third-order valence-electron chi connectivity index (χ3n) is 3.33. The van der Waals surface area contributed by atoms with Gasteiger partial charge in [-0.25, -0.2) is 0 Å². The van der Waals surface area contributed by atoms with E-state index in [1.165, 1.54) is 20.0 Å². The van der Waals surface area contributed by atoms with Crippen LogP contribution in [0.2, 0.25) is 0 Å². The first-order valence-electron chi connectivity index (χ1n) is 6.55. The fourth-order valence-electron chi connectivity index (χ4n) is 2.55. The number of carbonyl (C=O) groups is 1. The van der Waals surface area contributed by atoms with Crippen LogP contribution in [-0.2, 0) is 0 Å². The van der Waals surface area contributed by atoms with Crippen LogP contribution in [0, 0.1) is 20.8 Å². The number of Topliss-reactive ketones (excluding diaryl/α,β-unsaturated/α-hetero) is 1. The predicted molar refractivity (Wildman–Crippen MR) is 88.0 cm³/mol. The van der Waals surface area contributed by atoms with Crippen molar-refractivity contribution in [1.82, 2.24) is 0 Å². The number of benzene rings is 2. The topological polar surface area (TPSA) is 17.1 Å². The van der Waals surface area contributed by atoms with E-state index < -0.39 is 20.6 Å². The van der Waals surface area contributed by atoms with E-state index in [9.17, 15) is 4.79 Å². The van der Waals surface area contributed by atoms with Crippen LogP contribution in [0.1, 0.15) is 34.0 Å². The maximum atomic E-state index is 11.8. The zero-order valence-electron chi connectivity index (χ0n) is 12.2. The first kappa shape index (κ1) is 15.7. The number of ketones is 1. The van der Waals surface area contributed by atoms with Crippen LogP contribution in [0.4, 0.5) is 0 Å². The molecule has 0 amide bonds. The molecule has 0 saturated heterocycles. The van der Waals surface area contributed by atoms with Crippen LogP contribution in [-0.4, -0.2) is 26.3 Å². The SMILES string of the molecule is CC(=O)c1cccc[c]1[Bi]([Cl])[c]1c(C)cc(C)cc1C. The molecule has 0 unspecified atom stereocenters. The van der Waals surface area contributed by atoms with Crippen LogP contribution in [0.5, 0.6) is 0 Å². The van der Waals surface area contributed by atoms with Crippen LogP contribution in [0.25, 0.3) is 0 Å². The number of rotatable bonds is 3. The molecule has 0 aliphatic carbocycles. The van der Waals surface area contributed by atoms with Crippen molar-refractivity contribution in [3.63, 3.8) is 0 Å². The molecule has 2 aromatic rings. The second-order valence-corrected chi connectivity index (χ2v) is 13.9. The summed E-state index contributed by atoms with van der Waals surface area (Å²) in [5.74, 6) is 0.101. The predicted octanol–water partition coefficient (Wildman–Crippen LogP) is 3.16. The number of halogens is 1.